The van der Waals surface area contributed by atoms with E-state index in [-0.39, 0.29) is 12.7 Å². The fraction of sp³-hybridized carbons (Fsp3) is 0.133. The largest absolute Gasteiger partial charge is 0.417 e. The third-order valence-electron chi connectivity index (χ3n) is 6.66. The van der Waals surface area contributed by atoms with Crippen molar-refractivity contribution in [3.63, 3.8) is 0 Å². The Morgan fingerprint density at radius 2 is 1.27 bits per heavy atom. The summed E-state index contributed by atoms with van der Waals surface area (Å²) in [7, 11) is -0.151. The molecule has 0 aliphatic carbocycles. The average Bonchev–Trinajstić information content (AvgIpc) is 3.22. The number of fused-ring (bicyclic) bond motifs is 2. The van der Waals surface area contributed by atoms with Crippen molar-refractivity contribution < 1.29 is 4.65 Å². The van der Waals surface area contributed by atoms with E-state index >= 15 is 0 Å². The molecule has 1 fully saturated rings. The first-order chi connectivity index (χ1) is 16.1. The monoisotopic (exact) mass is 427 g/mol. The maximum absolute atomic E-state index is 6.49. The van der Waals surface area contributed by atoms with Crippen LogP contribution in [-0.4, -0.2) is 19.2 Å². The second-order valence-electron chi connectivity index (χ2n) is 9.46. The molecule has 0 aromatic heterocycles. The Bertz CT molecular complexity index is 1480. The van der Waals surface area contributed by atoms with Crippen LogP contribution in [0.15, 0.2) is 103 Å². The summed E-state index contributed by atoms with van der Waals surface area (Å²) in [6.07, 6.45) is 0. The van der Waals surface area contributed by atoms with Gasteiger partial charge in [-0.2, -0.15) is 0 Å². The van der Waals surface area contributed by atoms with Crippen molar-refractivity contribution in [2.45, 2.75) is 19.4 Å². The third kappa shape index (κ3) is 3.54. The second-order valence-corrected chi connectivity index (χ2v) is 9.46. The van der Waals surface area contributed by atoms with Gasteiger partial charge in [0.25, 0.3) is 0 Å². The SMILES string of the molecule is CC1(C)CNB(c2ccc3ccccc3c2-c2c(-c3ccccc3)ccc3ccccc23)O1. The van der Waals surface area contributed by atoms with Crippen molar-refractivity contribution in [2.24, 2.45) is 0 Å². The fourth-order valence-electron chi connectivity index (χ4n) is 5.10. The molecule has 160 valence electrons. The Kier molecular flexibility index (Phi) is 4.83. The summed E-state index contributed by atoms with van der Waals surface area (Å²) < 4.78 is 6.49. The zero-order valence-electron chi connectivity index (χ0n) is 19.0. The smallest absolute Gasteiger partial charge is 0.411 e. The van der Waals surface area contributed by atoms with Crippen molar-refractivity contribution in [1.29, 1.82) is 0 Å². The van der Waals surface area contributed by atoms with Crippen LogP contribution in [0.25, 0.3) is 43.8 Å². The van der Waals surface area contributed by atoms with E-state index in [1.165, 1.54) is 49.3 Å². The zero-order valence-corrected chi connectivity index (χ0v) is 19.0. The molecule has 0 spiro atoms. The van der Waals surface area contributed by atoms with Crippen LogP contribution in [0.5, 0.6) is 0 Å². The molecule has 1 saturated heterocycles. The Balaban J connectivity index is 1.74. The van der Waals surface area contributed by atoms with Crippen LogP contribution in [0.4, 0.5) is 0 Å². The molecule has 0 saturated carbocycles. The Hall–Kier alpha value is -3.40. The second kappa shape index (κ2) is 7.88. The minimum Gasteiger partial charge on any atom is -0.411 e. The minimum absolute atomic E-state index is 0.151. The Morgan fingerprint density at radius 1 is 0.667 bits per heavy atom. The maximum Gasteiger partial charge on any atom is 0.417 e. The van der Waals surface area contributed by atoms with Gasteiger partial charge in [0.15, 0.2) is 0 Å². The van der Waals surface area contributed by atoms with Gasteiger partial charge >= 0.3 is 7.05 Å². The van der Waals surface area contributed by atoms with Crippen molar-refractivity contribution in [2.75, 3.05) is 6.54 Å². The van der Waals surface area contributed by atoms with Crippen LogP contribution in [0.3, 0.4) is 0 Å². The topological polar surface area (TPSA) is 21.3 Å². The third-order valence-corrected chi connectivity index (χ3v) is 6.66. The highest BCUT2D eigenvalue weighted by atomic mass is 16.5. The summed E-state index contributed by atoms with van der Waals surface area (Å²) in [5, 5.41) is 8.61. The molecule has 5 aromatic rings. The van der Waals surface area contributed by atoms with Gasteiger partial charge in [-0.05, 0) is 63.1 Å². The molecule has 0 bridgehead atoms. The lowest BCUT2D eigenvalue weighted by Gasteiger charge is -2.22. The van der Waals surface area contributed by atoms with Crippen molar-refractivity contribution in [3.05, 3.63) is 103 Å². The van der Waals surface area contributed by atoms with Crippen LogP contribution in [0.2, 0.25) is 0 Å². The number of hydrogen-bond donors (Lipinski definition) is 1. The molecule has 0 radical (unpaired) electrons. The van der Waals surface area contributed by atoms with E-state index in [4.69, 9.17) is 4.65 Å². The summed E-state index contributed by atoms with van der Waals surface area (Å²) in [4.78, 5) is 0. The van der Waals surface area contributed by atoms with Gasteiger partial charge in [-0.25, -0.2) is 0 Å². The number of benzene rings is 5. The zero-order chi connectivity index (χ0) is 22.4. The number of nitrogens with one attached hydrogen (secondary N) is 1. The van der Waals surface area contributed by atoms with Gasteiger partial charge < -0.3 is 9.88 Å². The van der Waals surface area contributed by atoms with Crippen molar-refractivity contribution in [3.8, 4) is 22.3 Å². The first-order valence-electron chi connectivity index (χ1n) is 11.6. The first kappa shape index (κ1) is 20.2. The lowest BCUT2D eigenvalue weighted by molar-refractivity contribution is 0.150. The molecule has 6 rings (SSSR count). The van der Waals surface area contributed by atoms with E-state index in [1.54, 1.807) is 0 Å². The van der Waals surface area contributed by atoms with E-state index in [9.17, 15) is 0 Å². The van der Waals surface area contributed by atoms with E-state index in [2.05, 4.69) is 122 Å². The van der Waals surface area contributed by atoms with Gasteiger partial charge in [0.1, 0.15) is 0 Å². The highest BCUT2D eigenvalue weighted by Gasteiger charge is 2.38. The van der Waals surface area contributed by atoms with E-state index < -0.39 is 0 Å². The maximum atomic E-state index is 6.49. The molecular weight excluding hydrogens is 401 g/mol. The quantitative estimate of drug-likeness (QED) is 0.336. The average molecular weight is 427 g/mol. The van der Waals surface area contributed by atoms with E-state index in [0.29, 0.717) is 0 Å². The highest BCUT2D eigenvalue weighted by Crippen LogP contribution is 2.40. The number of hydrogen-bond acceptors (Lipinski definition) is 2. The molecule has 2 nitrogen and oxygen atoms in total. The van der Waals surface area contributed by atoms with Gasteiger partial charge in [0.05, 0.1) is 5.60 Å². The summed E-state index contributed by atoms with van der Waals surface area (Å²) >= 11 is 0. The van der Waals surface area contributed by atoms with Gasteiger partial charge in [-0.1, -0.05) is 103 Å². The Morgan fingerprint density at radius 3 is 1.94 bits per heavy atom. The molecule has 1 aliphatic rings. The minimum atomic E-state index is -0.200. The van der Waals surface area contributed by atoms with E-state index in [0.717, 1.165) is 6.54 Å². The standard InChI is InChI=1S/C30H26BNO/c1-30(2)20-32-31(33-30)27-19-17-23-13-7-9-15-25(23)29(27)28-24-14-8-6-12-22(24)16-18-26(28)21-10-4-3-5-11-21/h3-19,32H,20H2,1-2H3. The van der Waals surface area contributed by atoms with Crippen molar-refractivity contribution in [1.82, 2.24) is 5.23 Å². The fourth-order valence-corrected chi connectivity index (χ4v) is 5.10. The first-order valence-corrected chi connectivity index (χ1v) is 11.6. The summed E-state index contributed by atoms with van der Waals surface area (Å²) in [5.74, 6) is 0. The van der Waals surface area contributed by atoms with Gasteiger partial charge in [0.2, 0.25) is 0 Å². The molecular formula is C30H26BNO. The van der Waals surface area contributed by atoms with Gasteiger partial charge in [0, 0.05) is 6.54 Å². The highest BCUT2D eigenvalue weighted by molar-refractivity contribution is 6.68. The molecule has 5 aromatic carbocycles. The Labute approximate surface area is 195 Å². The molecule has 0 unspecified atom stereocenters. The number of rotatable bonds is 3. The van der Waals surface area contributed by atoms with E-state index in [1.807, 2.05) is 0 Å². The normalized spacial score (nSPS) is 15.4. The summed E-state index contributed by atoms with van der Waals surface area (Å²) in [6.45, 7) is 5.12. The van der Waals surface area contributed by atoms with Gasteiger partial charge in [-0.3, -0.25) is 0 Å². The van der Waals surface area contributed by atoms with Crippen molar-refractivity contribution >= 4 is 34.1 Å². The molecule has 3 heteroatoms. The van der Waals surface area contributed by atoms with Crippen LogP contribution in [0.1, 0.15) is 13.8 Å². The molecule has 0 atom stereocenters. The lowest BCUT2D eigenvalue weighted by Crippen LogP contribution is -2.42. The summed E-state index contributed by atoms with van der Waals surface area (Å²) in [5.41, 5.74) is 5.96. The van der Waals surface area contributed by atoms with Crippen LogP contribution in [0, 0.1) is 0 Å². The predicted molar refractivity (Wildman–Crippen MR) is 141 cm³/mol. The lowest BCUT2D eigenvalue weighted by atomic mass is 9.68. The summed E-state index contributed by atoms with van der Waals surface area (Å²) in [6, 6.07) is 37.1. The molecule has 1 aliphatic heterocycles. The molecule has 1 N–H and O–H groups in total. The van der Waals surface area contributed by atoms with Crippen LogP contribution < -0.4 is 10.7 Å². The molecule has 0 amide bonds. The van der Waals surface area contributed by atoms with Gasteiger partial charge in [-0.15, -0.1) is 0 Å². The predicted octanol–water partition coefficient (Wildman–Crippen LogP) is 6.42. The molecule has 1 heterocycles. The molecule has 33 heavy (non-hydrogen) atoms. The van der Waals surface area contributed by atoms with Crippen LogP contribution >= 0.6 is 0 Å². The van der Waals surface area contributed by atoms with Crippen LogP contribution in [-0.2, 0) is 4.65 Å².